The Bertz CT molecular complexity index is 1060. The van der Waals surface area contributed by atoms with Gasteiger partial charge in [0.1, 0.15) is 12.6 Å². The first-order chi connectivity index (χ1) is 15.5. The Morgan fingerprint density at radius 3 is 2.69 bits per heavy atom. The molecule has 3 aliphatic rings. The summed E-state index contributed by atoms with van der Waals surface area (Å²) in [4.78, 5) is 40.7. The van der Waals surface area contributed by atoms with E-state index in [0.29, 0.717) is 19.4 Å². The maximum absolute atomic E-state index is 13.5. The van der Waals surface area contributed by atoms with Crippen molar-refractivity contribution in [2.45, 2.75) is 50.3 Å². The van der Waals surface area contributed by atoms with Gasteiger partial charge in [-0.15, -0.1) is 0 Å². The number of para-hydroxylation sites is 1. The van der Waals surface area contributed by atoms with Crippen molar-refractivity contribution >= 4 is 23.6 Å². The Morgan fingerprint density at radius 1 is 1.12 bits per heavy atom. The van der Waals surface area contributed by atoms with Gasteiger partial charge in [0, 0.05) is 18.3 Å². The highest BCUT2D eigenvalue weighted by Gasteiger charge is 2.57. The Balaban J connectivity index is 1.32. The van der Waals surface area contributed by atoms with Gasteiger partial charge >= 0.3 is 6.09 Å². The van der Waals surface area contributed by atoms with Gasteiger partial charge < -0.3 is 20.3 Å². The van der Waals surface area contributed by atoms with Gasteiger partial charge in [0.25, 0.3) is 0 Å². The van der Waals surface area contributed by atoms with Gasteiger partial charge in [-0.3, -0.25) is 9.59 Å². The molecule has 2 aromatic rings. The third-order valence-corrected chi connectivity index (χ3v) is 6.99. The summed E-state index contributed by atoms with van der Waals surface area (Å²) in [6.45, 7) is 2.58. The Labute approximate surface area is 187 Å². The molecule has 0 bridgehead atoms. The monoisotopic (exact) mass is 433 g/mol. The minimum atomic E-state index is -0.716. The number of rotatable bonds is 3. The zero-order valence-corrected chi connectivity index (χ0v) is 18.0. The highest BCUT2D eigenvalue weighted by atomic mass is 16.5. The molecule has 2 aromatic carbocycles. The molecule has 7 heteroatoms. The van der Waals surface area contributed by atoms with Crippen molar-refractivity contribution in [3.63, 3.8) is 0 Å². The molecule has 2 saturated heterocycles. The number of ether oxygens (including phenoxy) is 1. The molecule has 7 nitrogen and oxygen atoms in total. The summed E-state index contributed by atoms with van der Waals surface area (Å²) in [5, 5.41) is 5.77. The SMILES string of the molecule is CC1C[C@@H]2C[C@@]3(CN2C(=O)[C@@H](NC(=O)OCc2ccccc2)C1)C(=O)Nc1ccccc13. The summed E-state index contributed by atoms with van der Waals surface area (Å²) >= 11 is 0. The molecule has 0 radical (unpaired) electrons. The van der Waals surface area contributed by atoms with Crippen LogP contribution in [0.15, 0.2) is 54.6 Å². The molecule has 0 aromatic heterocycles. The highest BCUT2D eigenvalue weighted by Crippen LogP contribution is 2.48. The predicted octanol–water partition coefficient (Wildman–Crippen LogP) is 3.20. The zero-order chi connectivity index (χ0) is 22.3. The van der Waals surface area contributed by atoms with Gasteiger partial charge in [-0.1, -0.05) is 55.5 Å². The molecular weight excluding hydrogens is 406 g/mol. The Kier molecular flexibility index (Phi) is 5.12. The van der Waals surface area contributed by atoms with Crippen LogP contribution in [0.5, 0.6) is 0 Å². The quantitative estimate of drug-likeness (QED) is 0.778. The molecule has 4 atom stereocenters. The van der Waals surface area contributed by atoms with Crippen LogP contribution in [-0.4, -0.2) is 41.4 Å². The Morgan fingerprint density at radius 2 is 1.88 bits per heavy atom. The molecule has 3 amide bonds. The average molecular weight is 434 g/mol. The molecule has 0 saturated carbocycles. The number of nitrogens with zero attached hydrogens (tertiary/aromatic N) is 1. The molecule has 32 heavy (non-hydrogen) atoms. The van der Waals surface area contributed by atoms with Crippen molar-refractivity contribution in [1.29, 1.82) is 0 Å². The molecule has 1 unspecified atom stereocenters. The number of carbonyl (C=O) groups is 3. The number of anilines is 1. The lowest BCUT2D eigenvalue weighted by Crippen LogP contribution is -2.49. The van der Waals surface area contributed by atoms with Crippen molar-refractivity contribution in [1.82, 2.24) is 10.2 Å². The van der Waals surface area contributed by atoms with Crippen molar-refractivity contribution in [3.8, 4) is 0 Å². The van der Waals surface area contributed by atoms with Crippen LogP contribution in [0, 0.1) is 5.92 Å². The van der Waals surface area contributed by atoms with E-state index >= 15 is 0 Å². The molecule has 3 heterocycles. The summed E-state index contributed by atoms with van der Waals surface area (Å²) in [5.74, 6) is 0.0484. The van der Waals surface area contributed by atoms with Crippen LogP contribution in [0.3, 0.4) is 0 Å². The fourth-order valence-electron chi connectivity index (χ4n) is 5.49. The first kappa shape index (κ1) is 20.5. The number of alkyl carbamates (subject to hydrolysis) is 1. The van der Waals surface area contributed by atoms with Crippen molar-refractivity contribution in [3.05, 3.63) is 65.7 Å². The first-order valence-electron chi connectivity index (χ1n) is 11.1. The number of hydrogen-bond donors (Lipinski definition) is 2. The summed E-state index contributed by atoms with van der Waals surface area (Å²) in [5.41, 5.74) is 1.96. The molecule has 166 valence electrons. The van der Waals surface area contributed by atoms with Crippen LogP contribution < -0.4 is 10.6 Å². The Hall–Kier alpha value is -3.35. The topological polar surface area (TPSA) is 87.7 Å². The lowest BCUT2D eigenvalue weighted by Gasteiger charge is -2.26. The maximum atomic E-state index is 13.5. The van der Waals surface area contributed by atoms with E-state index in [-0.39, 0.29) is 30.4 Å². The minimum absolute atomic E-state index is 0.0263. The molecule has 3 aliphatic heterocycles. The van der Waals surface area contributed by atoms with E-state index < -0.39 is 17.6 Å². The van der Waals surface area contributed by atoms with E-state index in [1.165, 1.54) is 0 Å². The van der Waals surface area contributed by atoms with Crippen LogP contribution in [0.25, 0.3) is 0 Å². The fourth-order valence-corrected chi connectivity index (χ4v) is 5.49. The second kappa shape index (κ2) is 7.97. The van der Waals surface area contributed by atoms with Crippen LogP contribution >= 0.6 is 0 Å². The fraction of sp³-hybridized carbons (Fsp3) is 0.400. The lowest BCUT2D eigenvalue weighted by molar-refractivity contribution is -0.133. The molecule has 0 aliphatic carbocycles. The first-order valence-corrected chi connectivity index (χ1v) is 11.1. The second-order valence-electron chi connectivity index (χ2n) is 9.24. The van der Waals surface area contributed by atoms with Crippen LogP contribution in [0.2, 0.25) is 0 Å². The summed E-state index contributed by atoms with van der Waals surface area (Å²) in [7, 11) is 0. The zero-order valence-electron chi connectivity index (χ0n) is 18.0. The van der Waals surface area contributed by atoms with E-state index in [2.05, 4.69) is 17.6 Å². The summed E-state index contributed by atoms with van der Waals surface area (Å²) < 4.78 is 5.34. The van der Waals surface area contributed by atoms with E-state index in [1.807, 2.05) is 59.5 Å². The molecule has 2 N–H and O–H groups in total. The number of benzene rings is 2. The van der Waals surface area contributed by atoms with E-state index in [9.17, 15) is 14.4 Å². The third kappa shape index (κ3) is 3.51. The van der Waals surface area contributed by atoms with Crippen molar-refractivity contribution in [2.24, 2.45) is 5.92 Å². The third-order valence-electron chi connectivity index (χ3n) is 6.99. The molecule has 5 rings (SSSR count). The molecule has 2 fully saturated rings. The van der Waals surface area contributed by atoms with Gasteiger partial charge in [-0.2, -0.15) is 0 Å². The summed E-state index contributed by atoms with van der Waals surface area (Å²) in [6, 6.07) is 16.5. The van der Waals surface area contributed by atoms with Gasteiger partial charge in [0.15, 0.2) is 0 Å². The van der Waals surface area contributed by atoms with E-state index in [0.717, 1.165) is 23.2 Å². The van der Waals surface area contributed by atoms with Gasteiger partial charge in [-0.05, 0) is 42.4 Å². The smallest absolute Gasteiger partial charge is 0.408 e. The highest BCUT2D eigenvalue weighted by molar-refractivity contribution is 6.07. The average Bonchev–Trinajstić information content (AvgIpc) is 3.26. The normalized spacial score (nSPS) is 28.7. The number of amides is 3. The van der Waals surface area contributed by atoms with Gasteiger partial charge in [-0.25, -0.2) is 4.79 Å². The minimum Gasteiger partial charge on any atom is -0.445 e. The lowest BCUT2D eigenvalue weighted by atomic mass is 9.78. The van der Waals surface area contributed by atoms with Crippen LogP contribution in [0.4, 0.5) is 10.5 Å². The van der Waals surface area contributed by atoms with Gasteiger partial charge in [0.05, 0.1) is 5.41 Å². The van der Waals surface area contributed by atoms with Crippen molar-refractivity contribution in [2.75, 3.05) is 11.9 Å². The maximum Gasteiger partial charge on any atom is 0.408 e. The second-order valence-corrected chi connectivity index (χ2v) is 9.24. The van der Waals surface area contributed by atoms with E-state index in [4.69, 9.17) is 4.74 Å². The largest absolute Gasteiger partial charge is 0.445 e. The predicted molar refractivity (Wildman–Crippen MR) is 119 cm³/mol. The molecule has 1 spiro atoms. The number of fused-ring (bicyclic) bond motifs is 3. The van der Waals surface area contributed by atoms with E-state index in [1.54, 1.807) is 0 Å². The molecular formula is C25H27N3O4. The van der Waals surface area contributed by atoms with Crippen LogP contribution in [-0.2, 0) is 26.3 Å². The van der Waals surface area contributed by atoms with Crippen LogP contribution in [0.1, 0.15) is 37.3 Å². The standard InChI is InChI=1S/C25H27N3O4/c1-16-11-18-13-25(19-9-5-6-10-20(19)26-23(25)30)15-28(18)22(29)21(12-16)27-24(31)32-14-17-7-3-2-4-8-17/h2-10,16,18,21H,11-15H2,1H3,(H,26,30)(H,27,31)/t16?,18-,21+,25+/m1/s1. The van der Waals surface area contributed by atoms with Crippen molar-refractivity contribution < 1.29 is 19.1 Å². The number of nitrogens with one attached hydrogen (secondary N) is 2. The number of carbonyl (C=O) groups excluding carboxylic acids is 3. The summed E-state index contributed by atoms with van der Waals surface area (Å²) in [6.07, 6.45) is 1.37. The number of hydrogen-bond acceptors (Lipinski definition) is 4. The van der Waals surface area contributed by atoms with Gasteiger partial charge in [0.2, 0.25) is 11.8 Å².